The Hall–Kier alpha value is -2.54. The number of oxime groups is 1. The molecule has 0 aliphatic carbocycles. The van der Waals surface area contributed by atoms with E-state index in [9.17, 15) is 18.0 Å². The van der Waals surface area contributed by atoms with Crippen molar-refractivity contribution < 1.29 is 22.8 Å². The summed E-state index contributed by atoms with van der Waals surface area (Å²) in [5, 5.41) is 7.28. The second kappa shape index (κ2) is 7.83. The fourth-order valence-corrected chi connectivity index (χ4v) is 3.11. The van der Waals surface area contributed by atoms with Crippen molar-refractivity contribution in [2.24, 2.45) is 5.16 Å². The Balaban J connectivity index is 1.53. The molecule has 3 rings (SSSR count). The summed E-state index contributed by atoms with van der Waals surface area (Å²) < 4.78 is 37.7. The van der Waals surface area contributed by atoms with E-state index in [4.69, 9.17) is 16.4 Å². The minimum atomic E-state index is -4.36. The van der Waals surface area contributed by atoms with Gasteiger partial charge in [0.1, 0.15) is 0 Å². The molecule has 0 saturated heterocycles. The number of amides is 1. The van der Waals surface area contributed by atoms with Gasteiger partial charge in [-0.1, -0.05) is 47.1 Å². The first-order chi connectivity index (χ1) is 13.2. The number of halogens is 4. The van der Waals surface area contributed by atoms with Crippen LogP contribution in [0.5, 0.6) is 0 Å². The van der Waals surface area contributed by atoms with E-state index in [0.29, 0.717) is 28.3 Å². The van der Waals surface area contributed by atoms with Crippen LogP contribution in [-0.2, 0) is 22.2 Å². The Morgan fingerprint density at radius 2 is 1.89 bits per heavy atom. The molecule has 1 N–H and O–H groups in total. The molecule has 148 valence electrons. The number of carbonyl (C=O) groups excluding carboxylic acids is 1. The van der Waals surface area contributed by atoms with Gasteiger partial charge in [-0.3, -0.25) is 4.79 Å². The molecule has 8 heteroatoms. The first-order valence-electron chi connectivity index (χ1n) is 8.63. The smallest absolute Gasteiger partial charge is 0.379 e. The fourth-order valence-electron chi connectivity index (χ4n) is 2.87. The van der Waals surface area contributed by atoms with E-state index < -0.39 is 17.3 Å². The Labute approximate surface area is 165 Å². The molecule has 0 unspecified atom stereocenters. The van der Waals surface area contributed by atoms with Crippen molar-refractivity contribution in [1.29, 1.82) is 0 Å². The molecular formula is C20H18ClF3N2O2. The van der Waals surface area contributed by atoms with E-state index in [2.05, 4.69) is 10.5 Å². The van der Waals surface area contributed by atoms with Gasteiger partial charge in [0.25, 0.3) is 5.91 Å². The largest absolute Gasteiger partial charge is 0.416 e. The van der Waals surface area contributed by atoms with Gasteiger partial charge in [0, 0.05) is 23.6 Å². The average molecular weight is 411 g/mol. The molecule has 0 radical (unpaired) electrons. The van der Waals surface area contributed by atoms with Crippen molar-refractivity contribution in [2.75, 3.05) is 6.54 Å². The van der Waals surface area contributed by atoms with Crippen molar-refractivity contribution >= 4 is 23.2 Å². The molecule has 4 nitrogen and oxygen atoms in total. The van der Waals surface area contributed by atoms with Gasteiger partial charge < -0.3 is 10.2 Å². The lowest BCUT2D eigenvalue weighted by Gasteiger charge is -2.20. The maximum Gasteiger partial charge on any atom is 0.416 e. The number of nitrogens with one attached hydrogen (secondary N) is 1. The zero-order chi connectivity index (χ0) is 20.4. The lowest BCUT2D eigenvalue weighted by atomic mass is 9.95. The Bertz CT molecular complexity index is 897. The van der Waals surface area contributed by atoms with Gasteiger partial charge in [-0.25, -0.2) is 0 Å². The molecule has 1 aliphatic heterocycles. The summed E-state index contributed by atoms with van der Waals surface area (Å²) in [6, 6.07) is 12.0. The molecule has 1 heterocycles. The SMILES string of the molecule is C[C@@]1(C(=O)NCCc2ccc(C(F)(F)F)cc2)CC(c2ccccc2Cl)=NO1. The summed E-state index contributed by atoms with van der Waals surface area (Å²) >= 11 is 6.16. The quantitative estimate of drug-likeness (QED) is 0.783. The van der Waals surface area contributed by atoms with Crippen molar-refractivity contribution in [3.8, 4) is 0 Å². The van der Waals surface area contributed by atoms with E-state index in [1.54, 1.807) is 25.1 Å². The maximum atomic E-state index is 12.6. The van der Waals surface area contributed by atoms with Crippen LogP contribution in [0.15, 0.2) is 53.7 Å². The van der Waals surface area contributed by atoms with E-state index in [1.165, 1.54) is 12.1 Å². The Morgan fingerprint density at radius 1 is 1.21 bits per heavy atom. The second-order valence-electron chi connectivity index (χ2n) is 6.72. The van der Waals surface area contributed by atoms with Crippen LogP contribution in [0.25, 0.3) is 0 Å². The highest BCUT2D eigenvalue weighted by atomic mass is 35.5. The molecule has 0 saturated carbocycles. The lowest BCUT2D eigenvalue weighted by Crippen LogP contribution is -2.45. The fraction of sp³-hybridized carbons (Fsp3) is 0.300. The topological polar surface area (TPSA) is 50.7 Å². The summed E-state index contributed by atoms with van der Waals surface area (Å²) in [6.07, 6.45) is -3.69. The first-order valence-corrected chi connectivity index (χ1v) is 9.01. The van der Waals surface area contributed by atoms with Crippen molar-refractivity contribution in [2.45, 2.75) is 31.5 Å². The highest BCUT2D eigenvalue weighted by molar-refractivity contribution is 6.34. The van der Waals surface area contributed by atoms with Gasteiger partial charge in [0.05, 0.1) is 11.3 Å². The molecule has 0 bridgehead atoms. The number of alkyl halides is 3. The third-order valence-electron chi connectivity index (χ3n) is 4.51. The molecule has 2 aromatic carbocycles. The Morgan fingerprint density at radius 3 is 2.54 bits per heavy atom. The minimum absolute atomic E-state index is 0.267. The molecule has 2 aromatic rings. The van der Waals surface area contributed by atoms with Crippen LogP contribution in [0.1, 0.15) is 30.0 Å². The van der Waals surface area contributed by atoms with Gasteiger partial charge in [-0.15, -0.1) is 0 Å². The van der Waals surface area contributed by atoms with Crippen molar-refractivity contribution in [1.82, 2.24) is 5.32 Å². The van der Waals surface area contributed by atoms with Gasteiger partial charge in [-0.2, -0.15) is 13.2 Å². The van der Waals surface area contributed by atoms with Crippen LogP contribution in [0.3, 0.4) is 0 Å². The highest BCUT2D eigenvalue weighted by Gasteiger charge is 2.42. The molecule has 0 spiro atoms. The van der Waals surface area contributed by atoms with E-state index in [-0.39, 0.29) is 18.9 Å². The summed E-state index contributed by atoms with van der Waals surface area (Å²) in [6.45, 7) is 1.90. The molecule has 0 fully saturated rings. The maximum absolute atomic E-state index is 12.6. The highest BCUT2D eigenvalue weighted by Crippen LogP contribution is 2.30. The Kier molecular flexibility index (Phi) is 5.65. The van der Waals surface area contributed by atoms with Crippen LogP contribution >= 0.6 is 11.6 Å². The van der Waals surface area contributed by atoms with Gasteiger partial charge in [-0.05, 0) is 37.1 Å². The van der Waals surface area contributed by atoms with Crippen molar-refractivity contribution in [3.63, 3.8) is 0 Å². The first kappa shape index (κ1) is 20.2. The molecule has 0 aromatic heterocycles. The summed E-state index contributed by atoms with van der Waals surface area (Å²) in [5.41, 5.74) is 0.140. The molecule has 28 heavy (non-hydrogen) atoms. The number of nitrogens with zero attached hydrogens (tertiary/aromatic N) is 1. The molecular weight excluding hydrogens is 393 g/mol. The van der Waals surface area contributed by atoms with Crippen molar-refractivity contribution in [3.05, 3.63) is 70.2 Å². The predicted molar refractivity (Wildman–Crippen MR) is 100 cm³/mol. The molecule has 1 amide bonds. The third-order valence-corrected chi connectivity index (χ3v) is 4.84. The van der Waals surface area contributed by atoms with Gasteiger partial charge >= 0.3 is 6.18 Å². The summed E-state index contributed by atoms with van der Waals surface area (Å²) in [5.74, 6) is -0.342. The number of rotatable bonds is 5. The monoisotopic (exact) mass is 410 g/mol. The average Bonchev–Trinajstić information content (AvgIpc) is 3.05. The number of hydrogen-bond acceptors (Lipinski definition) is 3. The number of hydrogen-bond donors (Lipinski definition) is 1. The van der Waals surface area contributed by atoms with E-state index in [1.807, 2.05) is 6.07 Å². The zero-order valence-electron chi connectivity index (χ0n) is 15.0. The lowest BCUT2D eigenvalue weighted by molar-refractivity contribution is -0.141. The number of carbonyl (C=O) groups is 1. The van der Waals surface area contributed by atoms with Crippen LogP contribution in [0, 0.1) is 0 Å². The number of benzene rings is 2. The second-order valence-corrected chi connectivity index (χ2v) is 7.12. The summed E-state index contributed by atoms with van der Waals surface area (Å²) in [7, 11) is 0. The summed E-state index contributed by atoms with van der Waals surface area (Å²) in [4.78, 5) is 17.9. The molecule has 1 aliphatic rings. The predicted octanol–water partition coefficient (Wildman–Crippen LogP) is 4.60. The molecule has 1 atom stereocenters. The minimum Gasteiger partial charge on any atom is -0.379 e. The van der Waals surface area contributed by atoms with Crippen LogP contribution < -0.4 is 5.32 Å². The van der Waals surface area contributed by atoms with E-state index in [0.717, 1.165) is 12.1 Å². The third kappa shape index (κ3) is 4.47. The zero-order valence-corrected chi connectivity index (χ0v) is 15.8. The van der Waals surface area contributed by atoms with Crippen LogP contribution in [-0.4, -0.2) is 23.8 Å². The van der Waals surface area contributed by atoms with Gasteiger partial charge in [0.2, 0.25) is 5.60 Å². The normalized spacial score (nSPS) is 19.1. The van der Waals surface area contributed by atoms with Crippen LogP contribution in [0.4, 0.5) is 13.2 Å². The van der Waals surface area contributed by atoms with E-state index >= 15 is 0 Å². The van der Waals surface area contributed by atoms with Gasteiger partial charge in [0.15, 0.2) is 0 Å². The van der Waals surface area contributed by atoms with Crippen LogP contribution in [0.2, 0.25) is 5.02 Å². The standard InChI is InChI=1S/C20H18ClF3N2O2/c1-19(12-17(26-28-19)15-4-2-3-5-16(15)21)18(27)25-11-10-13-6-8-14(9-7-13)20(22,23)24/h2-9H,10-12H2,1H3,(H,25,27)/t19-/m0/s1.